The topological polar surface area (TPSA) is 49.7 Å². The molecule has 3 nitrogen and oxygen atoms in total. The first kappa shape index (κ1) is 9.86. The quantitative estimate of drug-likeness (QED) is 0.741. The van der Waals surface area contributed by atoms with Crippen LogP contribution in [0.2, 0.25) is 0 Å². The molecule has 0 heterocycles. The highest BCUT2D eigenvalue weighted by Crippen LogP contribution is 2.29. The molecule has 1 rings (SSSR count). The molecule has 3 heteroatoms. The van der Waals surface area contributed by atoms with E-state index in [2.05, 4.69) is 0 Å². The standard InChI is InChI=1S/C10H14O3/c1-7(11)6-8-4-3-5-9(13-2)10(8)12/h3-5,7,11-12H,6H2,1-2H3. The molecule has 0 bridgehead atoms. The Labute approximate surface area is 77.6 Å². The minimum absolute atomic E-state index is 0.117. The minimum atomic E-state index is -0.460. The van der Waals surface area contributed by atoms with E-state index in [0.717, 1.165) is 0 Å². The Morgan fingerprint density at radius 2 is 2.15 bits per heavy atom. The van der Waals surface area contributed by atoms with E-state index in [-0.39, 0.29) is 5.75 Å². The predicted octanol–water partition coefficient (Wildman–Crippen LogP) is 1.32. The number of hydrogen-bond donors (Lipinski definition) is 2. The molecule has 0 spiro atoms. The second-order valence-corrected chi connectivity index (χ2v) is 3.02. The number of para-hydroxylation sites is 1. The first-order chi connectivity index (χ1) is 6.15. The third kappa shape index (κ3) is 2.36. The molecule has 0 saturated carbocycles. The first-order valence-corrected chi connectivity index (χ1v) is 4.18. The fourth-order valence-corrected chi connectivity index (χ4v) is 1.22. The minimum Gasteiger partial charge on any atom is -0.504 e. The number of phenolic OH excluding ortho intramolecular Hbond substituents is 1. The lowest BCUT2D eigenvalue weighted by Crippen LogP contribution is -2.04. The predicted molar refractivity (Wildman–Crippen MR) is 50.0 cm³/mol. The maximum absolute atomic E-state index is 9.60. The highest BCUT2D eigenvalue weighted by molar-refractivity contribution is 5.45. The van der Waals surface area contributed by atoms with Crippen molar-refractivity contribution in [2.45, 2.75) is 19.4 Å². The van der Waals surface area contributed by atoms with Crippen LogP contribution in [0.3, 0.4) is 0 Å². The second-order valence-electron chi connectivity index (χ2n) is 3.02. The molecule has 1 unspecified atom stereocenters. The molecule has 0 saturated heterocycles. The zero-order chi connectivity index (χ0) is 9.84. The van der Waals surface area contributed by atoms with E-state index in [1.54, 1.807) is 25.1 Å². The van der Waals surface area contributed by atoms with Crippen molar-refractivity contribution in [2.75, 3.05) is 7.11 Å². The maximum atomic E-state index is 9.60. The Bertz CT molecular complexity index is 281. The van der Waals surface area contributed by atoms with Gasteiger partial charge in [-0.25, -0.2) is 0 Å². The van der Waals surface area contributed by atoms with Gasteiger partial charge in [0.25, 0.3) is 0 Å². The van der Waals surface area contributed by atoms with Gasteiger partial charge < -0.3 is 14.9 Å². The van der Waals surface area contributed by atoms with Crippen molar-refractivity contribution in [3.05, 3.63) is 23.8 Å². The third-order valence-electron chi connectivity index (χ3n) is 1.82. The highest BCUT2D eigenvalue weighted by atomic mass is 16.5. The van der Waals surface area contributed by atoms with Gasteiger partial charge in [0.15, 0.2) is 11.5 Å². The van der Waals surface area contributed by atoms with Gasteiger partial charge >= 0.3 is 0 Å². The third-order valence-corrected chi connectivity index (χ3v) is 1.82. The van der Waals surface area contributed by atoms with E-state index in [0.29, 0.717) is 17.7 Å². The molecule has 1 atom stereocenters. The monoisotopic (exact) mass is 182 g/mol. The van der Waals surface area contributed by atoms with Crippen molar-refractivity contribution in [3.8, 4) is 11.5 Å². The number of rotatable bonds is 3. The summed E-state index contributed by atoms with van der Waals surface area (Å²) >= 11 is 0. The van der Waals surface area contributed by atoms with Crippen molar-refractivity contribution in [2.24, 2.45) is 0 Å². The van der Waals surface area contributed by atoms with Gasteiger partial charge in [-0.3, -0.25) is 0 Å². The van der Waals surface area contributed by atoms with E-state index in [1.165, 1.54) is 7.11 Å². The first-order valence-electron chi connectivity index (χ1n) is 4.18. The molecule has 0 aromatic heterocycles. The van der Waals surface area contributed by atoms with Gasteiger partial charge in [0.05, 0.1) is 13.2 Å². The van der Waals surface area contributed by atoms with Crippen LogP contribution in [-0.2, 0) is 6.42 Å². The number of ether oxygens (including phenoxy) is 1. The Morgan fingerprint density at radius 3 is 2.69 bits per heavy atom. The fourth-order valence-electron chi connectivity index (χ4n) is 1.22. The van der Waals surface area contributed by atoms with Crippen LogP contribution < -0.4 is 4.74 Å². The molecular formula is C10H14O3. The maximum Gasteiger partial charge on any atom is 0.161 e. The van der Waals surface area contributed by atoms with Crippen LogP contribution in [0, 0.1) is 0 Å². The second kappa shape index (κ2) is 4.14. The summed E-state index contributed by atoms with van der Waals surface area (Å²) in [6.07, 6.45) is -0.0266. The van der Waals surface area contributed by atoms with E-state index in [1.807, 2.05) is 0 Å². The molecule has 0 aliphatic heterocycles. The van der Waals surface area contributed by atoms with Gasteiger partial charge in [-0.2, -0.15) is 0 Å². The van der Waals surface area contributed by atoms with Crippen LogP contribution in [0.5, 0.6) is 11.5 Å². The fraction of sp³-hybridized carbons (Fsp3) is 0.400. The van der Waals surface area contributed by atoms with Gasteiger partial charge in [-0.1, -0.05) is 12.1 Å². The van der Waals surface area contributed by atoms with Crippen molar-refractivity contribution >= 4 is 0 Å². The van der Waals surface area contributed by atoms with Crippen molar-refractivity contribution in [3.63, 3.8) is 0 Å². The molecule has 0 aliphatic carbocycles. The van der Waals surface area contributed by atoms with E-state index in [9.17, 15) is 5.11 Å². The average molecular weight is 182 g/mol. The van der Waals surface area contributed by atoms with Crippen molar-refractivity contribution in [1.29, 1.82) is 0 Å². The molecular weight excluding hydrogens is 168 g/mol. The molecule has 0 fully saturated rings. The van der Waals surface area contributed by atoms with Gasteiger partial charge in [0.2, 0.25) is 0 Å². The lowest BCUT2D eigenvalue weighted by molar-refractivity contribution is 0.194. The zero-order valence-corrected chi connectivity index (χ0v) is 7.82. The Morgan fingerprint density at radius 1 is 1.46 bits per heavy atom. The molecule has 1 aromatic carbocycles. The number of benzene rings is 1. The van der Waals surface area contributed by atoms with Gasteiger partial charge in [-0.15, -0.1) is 0 Å². The number of methoxy groups -OCH3 is 1. The lowest BCUT2D eigenvalue weighted by atomic mass is 10.1. The summed E-state index contributed by atoms with van der Waals surface area (Å²) in [5.74, 6) is 0.559. The van der Waals surface area contributed by atoms with E-state index in [4.69, 9.17) is 9.84 Å². The van der Waals surface area contributed by atoms with Crippen LogP contribution in [0.4, 0.5) is 0 Å². The van der Waals surface area contributed by atoms with Crippen LogP contribution in [0.1, 0.15) is 12.5 Å². The Balaban J connectivity index is 2.94. The number of phenols is 1. The lowest BCUT2D eigenvalue weighted by Gasteiger charge is -2.09. The zero-order valence-electron chi connectivity index (χ0n) is 7.82. The van der Waals surface area contributed by atoms with Crippen LogP contribution in [0.15, 0.2) is 18.2 Å². The summed E-state index contributed by atoms with van der Waals surface area (Å²) in [5, 5.41) is 18.7. The normalized spacial score (nSPS) is 12.5. The Hall–Kier alpha value is -1.22. The van der Waals surface area contributed by atoms with Gasteiger partial charge in [0.1, 0.15) is 0 Å². The molecule has 0 amide bonds. The van der Waals surface area contributed by atoms with Gasteiger partial charge in [0, 0.05) is 12.0 Å². The van der Waals surface area contributed by atoms with Gasteiger partial charge in [-0.05, 0) is 13.0 Å². The molecule has 13 heavy (non-hydrogen) atoms. The molecule has 72 valence electrons. The van der Waals surface area contributed by atoms with Crippen molar-refractivity contribution in [1.82, 2.24) is 0 Å². The number of hydrogen-bond acceptors (Lipinski definition) is 3. The number of aliphatic hydroxyl groups excluding tert-OH is 1. The van der Waals surface area contributed by atoms with Crippen LogP contribution >= 0.6 is 0 Å². The summed E-state index contributed by atoms with van der Waals surface area (Å²) in [6, 6.07) is 5.24. The van der Waals surface area contributed by atoms with E-state index >= 15 is 0 Å². The summed E-state index contributed by atoms with van der Waals surface area (Å²) in [5.41, 5.74) is 0.703. The van der Waals surface area contributed by atoms with Crippen molar-refractivity contribution < 1.29 is 14.9 Å². The van der Waals surface area contributed by atoms with Crippen LogP contribution in [0.25, 0.3) is 0 Å². The molecule has 0 aliphatic rings. The van der Waals surface area contributed by atoms with Crippen LogP contribution in [-0.4, -0.2) is 23.4 Å². The number of aromatic hydroxyl groups is 1. The highest BCUT2D eigenvalue weighted by Gasteiger charge is 2.08. The molecule has 1 aromatic rings. The summed E-state index contributed by atoms with van der Waals surface area (Å²) in [7, 11) is 1.50. The number of aliphatic hydroxyl groups is 1. The summed E-state index contributed by atoms with van der Waals surface area (Å²) < 4.78 is 4.94. The molecule has 0 radical (unpaired) electrons. The smallest absolute Gasteiger partial charge is 0.161 e. The summed E-state index contributed by atoms with van der Waals surface area (Å²) in [6.45, 7) is 1.68. The van der Waals surface area contributed by atoms with E-state index < -0.39 is 6.10 Å². The largest absolute Gasteiger partial charge is 0.504 e. The Kier molecular flexibility index (Phi) is 3.14. The summed E-state index contributed by atoms with van der Waals surface area (Å²) in [4.78, 5) is 0. The average Bonchev–Trinajstić information content (AvgIpc) is 2.08. The molecule has 2 N–H and O–H groups in total. The SMILES string of the molecule is COc1cccc(CC(C)O)c1O.